The molecule has 1 heterocycles. The number of esters is 1. The molecular formula is C9H12N2O4. The molecule has 0 aromatic carbocycles. The summed E-state index contributed by atoms with van der Waals surface area (Å²) in [7, 11) is 0. The summed E-state index contributed by atoms with van der Waals surface area (Å²) in [6.45, 7) is 2.22. The van der Waals surface area contributed by atoms with Crippen molar-refractivity contribution in [1.29, 1.82) is 0 Å². The quantitative estimate of drug-likeness (QED) is 0.662. The van der Waals surface area contributed by atoms with Crippen molar-refractivity contribution in [3.63, 3.8) is 0 Å². The third-order valence-electron chi connectivity index (χ3n) is 1.62. The van der Waals surface area contributed by atoms with Gasteiger partial charge >= 0.3 is 11.7 Å². The third kappa shape index (κ3) is 3.80. The predicted octanol–water partition coefficient (Wildman–Crippen LogP) is -0.441. The Kier molecular flexibility index (Phi) is 3.84. The first-order chi connectivity index (χ1) is 7.11. The molecule has 0 fully saturated rings. The van der Waals surface area contributed by atoms with Crippen molar-refractivity contribution in [3.05, 3.63) is 32.6 Å². The van der Waals surface area contributed by atoms with E-state index < -0.39 is 17.2 Å². The van der Waals surface area contributed by atoms with E-state index in [0.717, 1.165) is 12.5 Å². The van der Waals surface area contributed by atoms with Gasteiger partial charge in [-0.3, -0.25) is 14.6 Å². The number of H-pyrrole nitrogens is 2. The molecule has 0 aliphatic heterocycles. The largest absolute Gasteiger partial charge is 0.465 e. The van der Waals surface area contributed by atoms with Crippen molar-refractivity contribution in [2.45, 2.75) is 19.8 Å². The molecule has 1 rings (SSSR count). The zero-order valence-electron chi connectivity index (χ0n) is 8.33. The fraction of sp³-hybridized carbons (Fsp3) is 0.444. The highest BCUT2D eigenvalue weighted by atomic mass is 16.5. The van der Waals surface area contributed by atoms with Gasteiger partial charge in [-0.25, -0.2) is 4.79 Å². The van der Waals surface area contributed by atoms with Crippen molar-refractivity contribution in [1.82, 2.24) is 9.97 Å². The first-order valence-electron chi connectivity index (χ1n) is 4.60. The molecule has 15 heavy (non-hydrogen) atoms. The van der Waals surface area contributed by atoms with Crippen LogP contribution < -0.4 is 11.2 Å². The predicted molar refractivity (Wildman–Crippen MR) is 52.6 cm³/mol. The Labute approximate surface area is 85.3 Å². The maximum atomic E-state index is 11.1. The Hall–Kier alpha value is -1.85. The van der Waals surface area contributed by atoms with Gasteiger partial charge in [0, 0.05) is 11.8 Å². The lowest BCUT2D eigenvalue weighted by atomic mass is 10.3. The van der Waals surface area contributed by atoms with E-state index in [0.29, 0.717) is 6.61 Å². The second kappa shape index (κ2) is 5.14. The van der Waals surface area contributed by atoms with E-state index in [2.05, 4.69) is 4.98 Å². The summed E-state index contributed by atoms with van der Waals surface area (Å²) in [5.41, 5.74) is -0.900. The van der Waals surface area contributed by atoms with E-state index in [1.807, 2.05) is 11.9 Å². The van der Waals surface area contributed by atoms with Crippen LogP contribution in [0.25, 0.3) is 0 Å². The van der Waals surface area contributed by atoms with Gasteiger partial charge in [0.1, 0.15) is 0 Å². The Morgan fingerprint density at radius 2 is 2.13 bits per heavy atom. The van der Waals surface area contributed by atoms with Gasteiger partial charge in [-0.05, 0) is 6.42 Å². The SMILES string of the molecule is CCCOC(=O)Cc1cc(=O)[nH]c(=O)[nH]1. The molecule has 0 amide bonds. The number of hydrogen-bond acceptors (Lipinski definition) is 4. The summed E-state index contributed by atoms with van der Waals surface area (Å²) in [6.07, 6.45) is 0.636. The molecule has 0 unspecified atom stereocenters. The van der Waals surface area contributed by atoms with Crippen molar-refractivity contribution in [2.75, 3.05) is 6.61 Å². The monoisotopic (exact) mass is 212 g/mol. The summed E-state index contributed by atoms with van der Waals surface area (Å²) in [5.74, 6) is -0.460. The number of nitrogens with one attached hydrogen (secondary N) is 2. The average Bonchev–Trinajstić information content (AvgIpc) is 2.13. The number of carbonyl (C=O) groups excluding carboxylic acids is 1. The zero-order valence-corrected chi connectivity index (χ0v) is 8.33. The summed E-state index contributed by atoms with van der Waals surface area (Å²) in [6, 6.07) is 1.16. The Balaban J connectivity index is 2.68. The minimum absolute atomic E-state index is 0.0981. The van der Waals surface area contributed by atoms with Crippen LogP contribution in [0.4, 0.5) is 0 Å². The lowest BCUT2D eigenvalue weighted by Gasteiger charge is -2.02. The smallest absolute Gasteiger partial charge is 0.325 e. The van der Waals surface area contributed by atoms with Crippen LogP contribution in [0.5, 0.6) is 0 Å². The molecule has 0 saturated heterocycles. The number of aromatic amines is 2. The summed E-state index contributed by atoms with van der Waals surface area (Å²) >= 11 is 0. The first kappa shape index (κ1) is 11.2. The summed E-state index contributed by atoms with van der Waals surface area (Å²) in [5, 5.41) is 0. The lowest BCUT2D eigenvalue weighted by molar-refractivity contribution is -0.142. The van der Waals surface area contributed by atoms with Gasteiger partial charge in [0.05, 0.1) is 13.0 Å². The van der Waals surface area contributed by atoms with E-state index in [1.54, 1.807) is 0 Å². The Morgan fingerprint density at radius 1 is 1.40 bits per heavy atom. The van der Waals surface area contributed by atoms with E-state index in [9.17, 15) is 14.4 Å². The molecule has 6 heteroatoms. The molecule has 0 saturated carbocycles. The van der Waals surface area contributed by atoms with E-state index >= 15 is 0 Å². The van der Waals surface area contributed by atoms with Crippen LogP contribution >= 0.6 is 0 Å². The molecule has 1 aromatic rings. The van der Waals surface area contributed by atoms with Crippen LogP contribution in [0.1, 0.15) is 19.0 Å². The van der Waals surface area contributed by atoms with Gasteiger partial charge in [-0.2, -0.15) is 0 Å². The summed E-state index contributed by atoms with van der Waals surface area (Å²) in [4.78, 5) is 37.2. The number of carbonyl (C=O) groups is 1. The van der Waals surface area contributed by atoms with Crippen molar-refractivity contribution in [3.8, 4) is 0 Å². The fourth-order valence-corrected chi connectivity index (χ4v) is 1.04. The van der Waals surface area contributed by atoms with Crippen molar-refractivity contribution in [2.24, 2.45) is 0 Å². The molecule has 0 atom stereocenters. The molecule has 1 aromatic heterocycles. The highest BCUT2D eigenvalue weighted by molar-refractivity contribution is 5.71. The normalized spacial score (nSPS) is 9.93. The van der Waals surface area contributed by atoms with Crippen LogP contribution in [-0.4, -0.2) is 22.5 Å². The van der Waals surface area contributed by atoms with Gasteiger partial charge in [0.15, 0.2) is 0 Å². The molecule has 0 radical (unpaired) electrons. The zero-order chi connectivity index (χ0) is 11.3. The second-order valence-corrected chi connectivity index (χ2v) is 3.01. The molecule has 82 valence electrons. The fourth-order valence-electron chi connectivity index (χ4n) is 1.04. The number of hydrogen-bond donors (Lipinski definition) is 2. The second-order valence-electron chi connectivity index (χ2n) is 3.01. The van der Waals surface area contributed by atoms with Crippen LogP contribution in [0.15, 0.2) is 15.7 Å². The minimum Gasteiger partial charge on any atom is -0.465 e. The lowest BCUT2D eigenvalue weighted by Crippen LogP contribution is -2.24. The number of rotatable bonds is 4. The number of ether oxygens (including phenoxy) is 1. The molecule has 0 spiro atoms. The molecule has 2 N–H and O–H groups in total. The molecule has 0 bridgehead atoms. The van der Waals surface area contributed by atoms with Crippen molar-refractivity contribution >= 4 is 5.97 Å². The van der Waals surface area contributed by atoms with E-state index in [1.165, 1.54) is 0 Å². The first-order valence-corrected chi connectivity index (χ1v) is 4.60. The molecular weight excluding hydrogens is 200 g/mol. The van der Waals surface area contributed by atoms with Gasteiger partial charge in [-0.15, -0.1) is 0 Å². The van der Waals surface area contributed by atoms with Gasteiger partial charge in [-0.1, -0.05) is 6.92 Å². The van der Waals surface area contributed by atoms with Crippen molar-refractivity contribution < 1.29 is 9.53 Å². The van der Waals surface area contributed by atoms with E-state index in [4.69, 9.17) is 4.74 Å². The number of aromatic nitrogens is 2. The topological polar surface area (TPSA) is 92.0 Å². The maximum absolute atomic E-state index is 11.1. The minimum atomic E-state index is -0.624. The highest BCUT2D eigenvalue weighted by Crippen LogP contribution is 1.92. The van der Waals surface area contributed by atoms with Gasteiger partial charge in [0.25, 0.3) is 5.56 Å². The molecule has 0 aliphatic rings. The van der Waals surface area contributed by atoms with E-state index in [-0.39, 0.29) is 12.1 Å². The Morgan fingerprint density at radius 3 is 2.73 bits per heavy atom. The summed E-state index contributed by atoms with van der Waals surface area (Å²) < 4.78 is 4.80. The van der Waals surface area contributed by atoms with Crippen LogP contribution in [0.3, 0.4) is 0 Å². The molecule has 6 nitrogen and oxygen atoms in total. The highest BCUT2D eigenvalue weighted by Gasteiger charge is 2.05. The van der Waals surface area contributed by atoms with Gasteiger partial charge < -0.3 is 9.72 Å². The van der Waals surface area contributed by atoms with Gasteiger partial charge in [0.2, 0.25) is 0 Å². The van der Waals surface area contributed by atoms with Crippen LogP contribution in [0.2, 0.25) is 0 Å². The third-order valence-corrected chi connectivity index (χ3v) is 1.62. The standard InChI is InChI=1S/C9H12N2O4/c1-2-3-15-8(13)5-6-4-7(12)11-9(14)10-6/h4H,2-3,5H2,1H3,(H2,10,11,12,14). The van der Waals surface area contributed by atoms with Crippen LogP contribution in [0, 0.1) is 0 Å². The Bertz CT molecular complexity index is 418. The average molecular weight is 212 g/mol. The maximum Gasteiger partial charge on any atom is 0.325 e. The molecule has 0 aliphatic carbocycles. The van der Waals surface area contributed by atoms with Crippen LogP contribution in [-0.2, 0) is 16.0 Å².